The first-order valence-corrected chi connectivity index (χ1v) is 40.9. The van der Waals surface area contributed by atoms with Crippen LogP contribution < -0.4 is 5.32 Å². The molecule has 6 nitrogen and oxygen atoms in total. The predicted octanol–water partition coefficient (Wildman–Crippen LogP) is 27.2. The summed E-state index contributed by atoms with van der Waals surface area (Å²) in [5.41, 5.74) is 0. The highest BCUT2D eigenvalue weighted by molar-refractivity contribution is 5.76. The summed E-state index contributed by atoms with van der Waals surface area (Å²) in [5.74, 6) is -0.0481. The lowest BCUT2D eigenvalue weighted by Crippen LogP contribution is -2.45. The zero-order chi connectivity index (χ0) is 64.9. The summed E-state index contributed by atoms with van der Waals surface area (Å²) in [7, 11) is 0. The Hall–Kier alpha value is -2.18. The molecule has 0 saturated carbocycles. The van der Waals surface area contributed by atoms with Gasteiger partial charge in [-0.15, -0.1) is 0 Å². The van der Waals surface area contributed by atoms with Gasteiger partial charge in [0, 0.05) is 12.8 Å². The van der Waals surface area contributed by atoms with Gasteiger partial charge in [0.05, 0.1) is 25.4 Å². The van der Waals surface area contributed by atoms with Crippen LogP contribution in [0.4, 0.5) is 0 Å². The fourth-order valence-corrected chi connectivity index (χ4v) is 12.8. The summed E-state index contributed by atoms with van der Waals surface area (Å²) >= 11 is 0. The number of carbonyl (C=O) groups excluding carboxylic acids is 2. The van der Waals surface area contributed by atoms with Crippen LogP contribution in [0, 0.1) is 0 Å². The van der Waals surface area contributed by atoms with Crippen LogP contribution in [-0.4, -0.2) is 47.4 Å². The van der Waals surface area contributed by atoms with Gasteiger partial charge in [-0.2, -0.15) is 0 Å². The molecule has 0 rings (SSSR count). The molecule has 1 amide bonds. The first-order chi connectivity index (χ1) is 44.5. The molecule has 0 aliphatic heterocycles. The highest BCUT2D eigenvalue weighted by Gasteiger charge is 2.18. The van der Waals surface area contributed by atoms with Crippen molar-refractivity contribution < 1.29 is 24.5 Å². The smallest absolute Gasteiger partial charge is 0.305 e. The standard InChI is InChI=1S/C84H159NO5/c1-3-5-7-9-11-13-15-17-19-21-23-24-25-34-37-41-44-48-52-56-60-64-68-72-76-82(87)81(80-86)85-83(88)77-73-69-65-61-57-53-49-45-42-38-35-32-30-28-26-27-29-31-33-36-39-43-47-51-55-59-63-67-71-75-79-90-84(89)78-74-70-66-62-58-54-50-46-40-22-20-18-16-14-12-10-8-6-4-2/h12,14,18,20,27,29,72,76,81-82,86-87H,3-11,13,15-17,19,21-26,28,30-71,73-75,77-80H2,1-2H3,(H,85,88)/b14-12-,20-18-,29-27-,76-72+. The molecule has 0 aromatic carbocycles. The second-order valence-electron chi connectivity index (χ2n) is 28.1. The fraction of sp³-hybridized carbons (Fsp3) is 0.881. The van der Waals surface area contributed by atoms with Crippen LogP contribution >= 0.6 is 0 Å². The molecule has 2 unspecified atom stereocenters. The molecule has 0 aliphatic carbocycles. The van der Waals surface area contributed by atoms with Gasteiger partial charge in [-0.05, 0) is 89.9 Å². The van der Waals surface area contributed by atoms with E-state index in [2.05, 4.69) is 55.6 Å². The molecule has 90 heavy (non-hydrogen) atoms. The van der Waals surface area contributed by atoms with Crippen LogP contribution in [0.25, 0.3) is 0 Å². The molecule has 0 spiro atoms. The van der Waals surface area contributed by atoms with Gasteiger partial charge in [-0.1, -0.05) is 396 Å². The van der Waals surface area contributed by atoms with Crippen molar-refractivity contribution in [2.75, 3.05) is 13.2 Å². The van der Waals surface area contributed by atoms with Crippen molar-refractivity contribution in [3.8, 4) is 0 Å². The Morgan fingerprint density at radius 3 is 0.878 bits per heavy atom. The largest absolute Gasteiger partial charge is 0.466 e. The minimum Gasteiger partial charge on any atom is -0.466 e. The first-order valence-electron chi connectivity index (χ1n) is 40.9. The van der Waals surface area contributed by atoms with Gasteiger partial charge in [0.2, 0.25) is 5.91 Å². The number of aliphatic hydroxyl groups excluding tert-OH is 2. The lowest BCUT2D eigenvalue weighted by molar-refractivity contribution is -0.143. The van der Waals surface area contributed by atoms with E-state index in [-0.39, 0.29) is 18.5 Å². The summed E-state index contributed by atoms with van der Waals surface area (Å²) in [6.07, 6.45) is 105. The summed E-state index contributed by atoms with van der Waals surface area (Å²) in [6.45, 7) is 4.93. The van der Waals surface area contributed by atoms with Crippen LogP contribution in [0.2, 0.25) is 0 Å². The fourth-order valence-electron chi connectivity index (χ4n) is 12.8. The van der Waals surface area contributed by atoms with Crippen LogP contribution in [0.5, 0.6) is 0 Å². The maximum absolute atomic E-state index is 12.6. The van der Waals surface area contributed by atoms with Gasteiger partial charge in [0.1, 0.15) is 0 Å². The molecule has 0 fully saturated rings. The number of aliphatic hydroxyl groups is 2. The lowest BCUT2D eigenvalue weighted by Gasteiger charge is -2.20. The van der Waals surface area contributed by atoms with Crippen LogP contribution in [0.3, 0.4) is 0 Å². The molecule has 0 aliphatic rings. The van der Waals surface area contributed by atoms with E-state index in [4.69, 9.17) is 4.74 Å². The highest BCUT2D eigenvalue weighted by atomic mass is 16.5. The molecule has 0 bridgehead atoms. The Morgan fingerprint density at radius 2 is 0.556 bits per heavy atom. The number of nitrogens with one attached hydrogen (secondary N) is 1. The van der Waals surface area contributed by atoms with Crippen molar-refractivity contribution in [1.82, 2.24) is 5.32 Å². The summed E-state index contributed by atoms with van der Waals surface area (Å²) in [5, 5.41) is 23.3. The van der Waals surface area contributed by atoms with E-state index in [9.17, 15) is 19.8 Å². The molecule has 2 atom stereocenters. The average Bonchev–Trinajstić information content (AvgIpc) is 3.68. The third-order valence-electron chi connectivity index (χ3n) is 19.1. The van der Waals surface area contributed by atoms with E-state index in [0.717, 1.165) is 51.4 Å². The van der Waals surface area contributed by atoms with E-state index < -0.39 is 12.1 Å². The molecule has 0 aromatic rings. The maximum atomic E-state index is 12.6. The molecule has 0 saturated heterocycles. The molecule has 3 N–H and O–H groups in total. The number of carbonyl (C=O) groups is 2. The summed E-state index contributed by atoms with van der Waals surface area (Å²) in [4.78, 5) is 24.7. The van der Waals surface area contributed by atoms with Gasteiger partial charge in [0.25, 0.3) is 0 Å². The quantitative estimate of drug-likeness (QED) is 0.0320. The number of allylic oxidation sites excluding steroid dienone is 7. The number of hydrogen-bond acceptors (Lipinski definition) is 5. The van der Waals surface area contributed by atoms with Crippen LogP contribution in [0.1, 0.15) is 450 Å². The van der Waals surface area contributed by atoms with Gasteiger partial charge in [-0.25, -0.2) is 0 Å². The van der Waals surface area contributed by atoms with Crippen molar-refractivity contribution in [2.45, 2.75) is 463 Å². The Labute approximate surface area is 563 Å². The van der Waals surface area contributed by atoms with Crippen molar-refractivity contribution in [1.29, 1.82) is 0 Å². The number of rotatable bonds is 77. The topological polar surface area (TPSA) is 95.9 Å². The van der Waals surface area contributed by atoms with Crippen LogP contribution in [0.15, 0.2) is 48.6 Å². The molecule has 0 aromatic heterocycles. The number of amides is 1. The Morgan fingerprint density at radius 1 is 0.311 bits per heavy atom. The Kier molecular flexibility index (Phi) is 77.3. The van der Waals surface area contributed by atoms with Crippen molar-refractivity contribution in [3.63, 3.8) is 0 Å². The third kappa shape index (κ3) is 74.9. The van der Waals surface area contributed by atoms with E-state index >= 15 is 0 Å². The average molecular weight is 1260 g/mol. The van der Waals surface area contributed by atoms with Gasteiger partial charge in [0.15, 0.2) is 0 Å². The van der Waals surface area contributed by atoms with Crippen molar-refractivity contribution in [2.24, 2.45) is 0 Å². The minimum absolute atomic E-state index is 0.0137. The minimum atomic E-state index is -0.846. The van der Waals surface area contributed by atoms with Gasteiger partial charge >= 0.3 is 5.97 Å². The number of unbranched alkanes of at least 4 members (excludes halogenated alkanes) is 60. The lowest BCUT2D eigenvalue weighted by atomic mass is 10.0. The highest BCUT2D eigenvalue weighted by Crippen LogP contribution is 2.20. The van der Waals surface area contributed by atoms with Gasteiger partial charge in [-0.3, -0.25) is 9.59 Å². The Bertz CT molecular complexity index is 1500. The number of ether oxygens (including phenoxy) is 1. The van der Waals surface area contributed by atoms with E-state index in [1.807, 2.05) is 6.08 Å². The zero-order valence-corrected chi connectivity index (χ0v) is 60.9. The number of hydrogen-bond donors (Lipinski definition) is 3. The maximum Gasteiger partial charge on any atom is 0.305 e. The summed E-state index contributed by atoms with van der Waals surface area (Å²) in [6, 6.07) is -0.629. The van der Waals surface area contributed by atoms with Crippen molar-refractivity contribution in [3.05, 3.63) is 48.6 Å². The molecule has 0 radical (unpaired) electrons. The summed E-state index contributed by atoms with van der Waals surface area (Å²) < 4.78 is 5.51. The normalized spacial score (nSPS) is 12.7. The molecule has 6 heteroatoms. The van der Waals surface area contributed by atoms with E-state index in [1.165, 1.54) is 372 Å². The SMILES string of the molecule is CCCCC/C=C\C/C=C\CCCCCCCCCCCC(=O)OCCCCCCCCCCCCCC/C=C\CCCCCCCCCCCCCCCCC(=O)NC(CO)C(O)/C=C/CCCCCCCCCCCCCCCCCCCCCCCC. The van der Waals surface area contributed by atoms with E-state index in [0.29, 0.717) is 19.4 Å². The van der Waals surface area contributed by atoms with Gasteiger partial charge < -0.3 is 20.3 Å². The monoisotopic (exact) mass is 1260 g/mol. The van der Waals surface area contributed by atoms with Crippen molar-refractivity contribution >= 4 is 11.9 Å². The molecule has 530 valence electrons. The first kappa shape index (κ1) is 87.8. The van der Waals surface area contributed by atoms with E-state index in [1.54, 1.807) is 6.08 Å². The number of esters is 1. The zero-order valence-electron chi connectivity index (χ0n) is 60.9. The predicted molar refractivity (Wildman–Crippen MR) is 398 cm³/mol. The molecular formula is C84H159NO5. The Balaban J connectivity index is 3.39. The third-order valence-corrected chi connectivity index (χ3v) is 19.1. The molecule has 0 heterocycles. The second-order valence-corrected chi connectivity index (χ2v) is 28.1. The molecular weight excluding hydrogens is 1100 g/mol. The van der Waals surface area contributed by atoms with Crippen LogP contribution in [-0.2, 0) is 14.3 Å². The second kappa shape index (κ2) is 79.3.